The highest BCUT2D eigenvalue weighted by Crippen LogP contribution is 2.24. The van der Waals surface area contributed by atoms with Gasteiger partial charge in [-0.2, -0.15) is 0 Å². The van der Waals surface area contributed by atoms with E-state index in [0.717, 1.165) is 16.7 Å². The van der Waals surface area contributed by atoms with Crippen LogP contribution >= 0.6 is 0 Å². The highest BCUT2D eigenvalue weighted by molar-refractivity contribution is 5.91. The van der Waals surface area contributed by atoms with Gasteiger partial charge >= 0.3 is 5.97 Å². The minimum atomic E-state index is -0.998. The van der Waals surface area contributed by atoms with Crippen molar-refractivity contribution in [3.05, 3.63) is 47.2 Å². The zero-order chi connectivity index (χ0) is 14.3. The third kappa shape index (κ3) is 2.03. The first-order valence-corrected chi connectivity index (χ1v) is 6.21. The maximum Gasteiger partial charge on any atom is 0.337 e. The Morgan fingerprint density at radius 1 is 1.25 bits per heavy atom. The van der Waals surface area contributed by atoms with Gasteiger partial charge in [0.1, 0.15) is 5.82 Å². The van der Waals surface area contributed by atoms with Crippen molar-refractivity contribution in [2.45, 2.75) is 13.8 Å². The van der Waals surface area contributed by atoms with Crippen molar-refractivity contribution in [2.75, 3.05) is 0 Å². The molecule has 2 N–H and O–H groups in total. The van der Waals surface area contributed by atoms with E-state index in [4.69, 9.17) is 5.11 Å². The number of fused-ring (bicyclic) bond motifs is 1. The molecule has 0 spiro atoms. The number of hydrogen-bond acceptors (Lipinski definition) is 3. The Kier molecular flexibility index (Phi) is 2.75. The fraction of sp³-hybridized carbons (Fsp3) is 0.133. The van der Waals surface area contributed by atoms with Crippen molar-refractivity contribution in [3.8, 4) is 11.4 Å². The molecule has 5 nitrogen and oxygen atoms in total. The van der Waals surface area contributed by atoms with Crippen LogP contribution in [-0.2, 0) is 0 Å². The third-order valence-electron chi connectivity index (χ3n) is 3.23. The van der Waals surface area contributed by atoms with Crippen LogP contribution in [0.5, 0.6) is 0 Å². The Bertz CT molecular complexity index is 821. The predicted octanol–water partition coefficient (Wildman–Crippen LogP) is 2.94. The smallest absolute Gasteiger partial charge is 0.337 e. The molecule has 0 atom stereocenters. The number of carboxylic acids is 1. The van der Waals surface area contributed by atoms with Gasteiger partial charge in [0.15, 0.2) is 5.65 Å². The summed E-state index contributed by atoms with van der Waals surface area (Å²) in [6.45, 7) is 4.03. The number of carbonyl (C=O) groups is 1. The second-order valence-electron chi connectivity index (χ2n) is 4.80. The molecule has 0 unspecified atom stereocenters. The first-order valence-electron chi connectivity index (χ1n) is 6.21. The molecule has 0 radical (unpaired) electrons. The van der Waals surface area contributed by atoms with Crippen molar-refractivity contribution in [2.24, 2.45) is 0 Å². The first kappa shape index (κ1) is 12.3. The molecule has 2 aromatic heterocycles. The largest absolute Gasteiger partial charge is 0.478 e. The molecule has 0 fully saturated rings. The molecule has 0 aliphatic carbocycles. The van der Waals surface area contributed by atoms with Crippen LogP contribution in [-0.4, -0.2) is 26.0 Å². The van der Waals surface area contributed by atoms with Crippen molar-refractivity contribution in [1.82, 2.24) is 15.0 Å². The van der Waals surface area contributed by atoms with E-state index >= 15 is 0 Å². The van der Waals surface area contributed by atoms with Crippen molar-refractivity contribution in [1.29, 1.82) is 0 Å². The van der Waals surface area contributed by atoms with E-state index < -0.39 is 5.97 Å². The minimum Gasteiger partial charge on any atom is -0.478 e. The second-order valence-corrected chi connectivity index (χ2v) is 4.80. The summed E-state index contributed by atoms with van der Waals surface area (Å²) in [5, 5.41) is 8.97. The maximum absolute atomic E-state index is 10.9. The van der Waals surface area contributed by atoms with Gasteiger partial charge < -0.3 is 10.1 Å². The topological polar surface area (TPSA) is 78.9 Å². The Morgan fingerprint density at radius 2 is 2.05 bits per heavy atom. The predicted molar refractivity (Wildman–Crippen MR) is 75.8 cm³/mol. The summed E-state index contributed by atoms with van der Waals surface area (Å²) in [5.41, 5.74) is 4.54. The van der Waals surface area contributed by atoms with Crippen LogP contribution in [0, 0.1) is 13.8 Å². The van der Waals surface area contributed by atoms with Crippen molar-refractivity contribution < 1.29 is 9.90 Å². The van der Waals surface area contributed by atoms with E-state index in [1.807, 2.05) is 32.0 Å². The van der Waals surface area contributed by atoms with E-state index in [-0.39, 0.29) is 5.56 Å². The van der Waals surface area contributed by atoms with Gasteiger partial charge in [-0.25, -0.2) is 14.8 Å². The molecule has 20 heavy (non-hydrogen) atoms. The standard InChI is InChI=1S/C15H13N3O2/c1-8-3-4-9(2)11(5-8)13-17-12-6-10(15(19)20)7-16-14(12)18-13/h3-7H,1-2H3,(H,19,20)(H,16,17,18). The summed E-state index contributed by atoms with van der Waals surface area (Å²) in [5.74, 6) is -0.293. The number of carboxylic acid groups (broad SMARTS) is 1. The van der Waals surface area contributed by atoms with Gasteiger partial charge in [0.05, 0.1) is 11.1 Å². The van der Waals surface area contributed by atoms with Gasteiger partial charge in [0.25, 0.3) is 0 Å². The van der Waals surface area contributed by atoms with Gasteiger partial charge in [-0.1, -0.05) is 17.7 Å². The molecule has 1 aromatic carbocycles. The fourth-order valence-electron chi connectivity index (χ4n) is 2.14. The monoisotopic (exact) mass is 267 g/mol. The Hall–Kier alpha value is -2.69. The Balaban J connectivity index is 2.17. The maximum atomic E-state index is 10.9. The van der Waals surface area contributed by atoms with Gasteiger partial charge in [-0.15, -0.1) is 0 Å². The van der Waals surface area contributed by atoms with Gasteiger partial charge in [-0.05, 0) is 31.5 Å². The zero-order valence-corrected chi connectivity index (χ0v) is 11.1. The number of benzene rings is 1. The molecule has 100 valence electrons. The van der Waals surface area contributed by atoms with Crippen LogP contribution < -0.4 is 0 Å². The number of hydrogen-bond donors (Lipinski definition) is 2. The number of aryl methyl sites for hydroxylation is 2. The highest BCUT2D eigenvalue weighted by atomic mass is 16.4. The van der Waals surface area contributed by atoms with E-state index in [9.17, 15) is 4.79 Å². The van der Waals surface area contributed by atoms with Crippen LogP contribution in [0.2, 0.25) is 0 Å². The molecule has 0 saturated heterocycles. The molecular formula is C15H13N3O2. The summed E-state index contributed by atoms with van der Waals surface area (Å²) in [4.78, 5) is 22.6. The molecule has 0 aliphatic rings. The molecule has 0 aliphatic heterocycles. The number of nitrogens with zero attached hydrogens (tertiary/aromatic N) is 2. The van der Waals surface area contributed by atoms with Crippen LogP contribution in [0.25, 0.3) is 22.6 Å². The van der Waals surface area contributed by atoms with E-state index in [0.29, 0.717) is 17.0 Å². The molecule has 5 heteroatoms. The van der Waals surface area contributed by atoms with Crippen LogP contribution in [0.15, 0.2) is 30.5 Å². The number of rotatable bonds is 2. The van der Waals surface area contributed by atoms with E-state index in [2.05, 4.69) is 15.0 Å². The highest BCUT2D eigenvalue weighted by Gasteiger charge is 2.11. The van der Waals surface area contributed by atoms with Crippen LogP contribution in [0.1, 0.15) is 21.5 Å². The second kappa shape index (κ2) is 4.45. The third-order valence-corrected chi connectivity index (χ3v) is 3.23. The summed E-state index contributed by atoms with van der Waals surface area (Å²) >= 11 is 0. The fourth-order valence-corrected chi connectivity index (χ4v) is 2.14. The number of nitrogens with one attached hydrogen (secondary N) is 1. The Labute approximate surface area is 115 Å². The number of aromatic nitrogens is 3. The molecule has 0 saturated carbocycles. The normalized spacial score (nSPS) is 10.9. The molecule has 3 aromatic rings. The first-order chi connectivity index (χ1) is 9.54. The van der Waals surface area contributed by atoms with Gasteiger partial charge in [0, 0.05) is 11.8 Å². The quantitative estimate of drug-likeness (QED) is 0.748. The minimum absolute atomic E-state index is 0.147. The number of aromatic amines is 1. The molecule has 0 bridgehead atoms. The summed E-state index contributed by atoms with van der Waals surface area (Å²) in [6.07, 6.45) is 1.32. The van der Waals surface area contributed by atoms with E-state index in [1.54, 1.807) is 6.07 Å². The lowest BCUT2D eigenvalue weighted by atomic mass is 10.1. The van der Waals surface area contributed by atoms with Crippen LogP contribution in [0.4, 0.5) is 0 Å². The molecular weight excluding hydrogens is 254 g/mol. The number of aromatic carboxylic acids is 1. The number of pyridine rings is 1. The van der Waals surface area contributed by atoms with Crippen LogP contribution in [0.3, 0.4) is 0 Å². The lowest BCUT2D eigenvalue weighted by molar-refractivity contribution is 0.0696. The summed E-state index contributed by atoms with van der Waals surface area (Å²) in [7, 11) is 0. The summed E-state index contributed by atoms with van der Waals surface area (Å²) < 4.78 is 0. The average molecular weight is 267 g/mol. The lowest BCUT2D eigenvalue weighted by Gasteiger charge is -2.03. The average Bonchev–Trinajstić information content (AvgIpc) is 2.83. The Morgan fingerprint density at radius 3 is 2.80 bits per heavy atom. The molecule has 2 heterocycles. The van der Waals surface area contributed by atoms with Crippen molar-refractivity contribution >= 4 is 17.1 Å². The molecule has 0 amide bonds. The SMILES string of the molecule is Cc1ccc(C)c(-c2nc3ncc(C(=O)O)cc3[nH]2)c1. The summed E-state index contributed by atoms with van der Waals surface area (Å²) in [6, 6.07) is 7.67. The molecule has 3 rings (SSSR count). The van der Waals surface area contributed by atoms with E-state index in [1.165, 1.54) is 6.20 Å². The number of H-pyrrole nitrogens is 1. The van der Waals surface area contributed by atoms with Gasteiger partial charge in [-0.3, -0.25) is 0 Å². The number of imidazole rings is 1. The zero-order valence-electron chi connectivity index (χ0n) is 11.1. The lowest BCUT2D eigenvalue weighted by Crippen LogP contribution is -1.96. The van der Waals surface area contributed by atoms with Crippen molar-refractivity contribution in [3.63, 3.8) is 0 Å². The van der Waals surface area contributed by atoms with Gasteiger partial charge in [0.2, 0.25) is 0 Å².